The summed E-state index contributed by atoms with van der Waals surface area (Å²) >= 11 is 0. The lowest BCUT2D eigenvalue weighted by Gasteiger charge is -2.34. The summed E-state index contributed by atoms with van der Waals surface area (Å²) in [6, 6.07) is 9.69. The van der Waals surface area contributed by atoms with Crippen LogP contribution in [0, 0.1) is 6.92 Å². The molecule has 2 aromatic heterocycles. The van der Waals surface area contributed by atoms with E-state index in [1.54, 1.807) is 23.2 Å². The van der Waals surface area contributed by atoms with Gasteiger partial charge < -0.3 is 30.4 Å². The van der Waals surface area contributed by atoms with E-state index in [0.717, 1.165) is 24.1 Å². The Morgan fingerprint density at radius 2 is 1.98 bits per heavy atom. The van der Waals surface area contributed by atoms with Gasteiger partial charge in [0.15, 0.2) is 0 Å². The van der Waals surface area contributed by atoms with E-state index < -0.39 is 5.60 Å². The molecule has 1 saturated heterocycles. The molecule has 1 aromatic carbocycles. The molecule has 1 aliphatic heterocycles. The number of allylic oxidation sites excluding steroid dienone is 1. The van der Waals surface area contributed by atoms with Crippen molar-refractivity contribution in [3.05, 3.63) is 82.2 Å². The van der Waals surface area contributed by atoms with Gasteiger partial charge in [-0.05, 0) is 87.2 Å². The minimum absolute atomic E-state index is 0.258. The Morgan fingerprint density at radius 3 is 2.63 bits per heavy atom. The van der Waals surface area contributed by atoms with Crippen LogP contribution in [0.2, 0.25) is 0 Å². The lowest BCUT2D eigenvalue weighted by Crippen LogP contribution is -2.41. The van der Waals surface area contributed by atoms with Crippen molar-refractivity contribution in [3.8, 4) is 0 Å². The second kappa shape index (κ2) is 12.3. The molecule has 0 saturated carbocycles. The number of nitrogens with zero attached hydrogens (tertiary/aromatic N) is 3. The number of amides is 1. The first kappa shape index (κ1) is 29.4. The molecule has 0 spiro atoms. The van der Waals surface area contributed by atoms with Crippen molar-refractivity contribution in [2.24, 2.45) is 10.7 Å². The fraction of sp³-hybridized carbons (Fsp3) is 0.355. The van der Waals surface area contributed by atoms with Gasteiger partial charge in [-0.15, -0.1) is 0 Å². The molecule has 41 heavy (non-hydrogen) atoms. The highest BCUT2D eigenvalue weighted by Crippen LogP contribution is 2.33. The van der Waals surface area contributed by atoms with E-state index in [4.69, 9.17) is 15.2 Å². The number of nitrogens with two attached hydrogens (primary N) is 1. The third-order valence-corrected chi connectivity index (χ3v) is 6.86. The Kier molecular flexibility index (Phi) is 8.80. The number of hydrogen-bond donors (Lipinski definition) is 3. The average Bonchev–Trinajstić information content (AvgIpc) is 2.92. The number of aryl methyl sites for hydroxylation is 1. The van der Waals surface area contributed by atoms with Crippen LogP contribution in [0.1, 0.15) is 56.4 Å². The molecular weight excluding hydrogens is 520 g/mol. The molecular formula is C31H38N6O4. The van der Waals surface area contributed by atoms with Crippen LogP contribution in [0.4, 0.5) is 16.3 Å². The molecule has 10 nitrogen and oxygen atoms in total. The summed E-state index contributed by atoms with van der Waals surface area (Å²) < 4.78 is 10.5. The zero-order valence-corrected chi connectivity index (χ0v) is 24.3. The largest absolute Gasteiger partial charge is 0.496 e. The summed E-state index contributed by atoms with van der Waals surface area (Å²) in [6.45, 7) is 12.7. The van der Waals surface area contributed by atoms with Crippen molar-refractivity contribution in [1.29, 1.82) is 0 Å². The first-order valence-corrected chi connectivity index (χ1v) is 13.5. The molecule has 10 heteroatoms. The summed E-state index contributed by atoms with van der Waals surface area (Å²) in [4.78, 5) is 38.5. The summed E-state index contributed by atoms with van der Waals surface area (Å²) in [7, 11) is 1.51. The predicted molar refractivity (Wildman–Crippen MR) is 163 cm³/mol. The number of likely N-dealkylation sites (tertiary alicyclic amines) is 1. The Labute approximate surface area is 240 Å². The molecule has 0 atom stereocenters. The molecule has 1 fully saturated rings. The van der Waals surface area contributed by atoms with Gasteiger partial charge in [-0.3, -0.25) is 9.79 Å². The van der Waals surface area contributed by atoms with Crippen LogP contribution >= 0.6 is 0 Å². The topological polar surface area (TPSA) is 135 Å². The van der Waals surface area contributed by atoms with E-state index in [-0.39, 0.29) is 11.7 Å². The molecule has 216 valence electrons. The number of ether oxygens (including phenoxy) is 2. The number of methoxy groups -OCH3 is 1. The van der Waals surface area contributed by atoms with E-state index in [0.29, 0.717) is 52.7 Å². The number of carbonyl (C=O) groups excluding carboxylic acids is 1. The van der Waals surface area contributed by atoms with Crippen LogP contribution in [0.15, 0.2) is 64.9 Å². The highest BCUT2D eigenvalue weighted by Gasteiger charge is 2.28. The lowest BCUT2D eigenvalue weighted by atomic mass is 9.87. The third kappa shape index (κ3) is 7.33. The molecule has 0 aliphatic carbocycles. The van der Waals surface area contributed by atoms with Gasteiger partial charge in [-0.2, -0.15) is 0 Å². The van der Waals surface area contributed by atoms with Crippen molar-refractivity contribution < 1.29 is 14.3 Å². The van der Waals surface area contributed by atoms with E-state index >= 15 is 0 Å². The van der Waals surface area contributed by atoms with Crippen molar-refractivity contribution in [1.82, 2.24) is 14.9 Å². The van der Waals surface area contributed by atoms with Gasteiger partial charge in [-0.25, -0.2) is 9.78 Å². The lowest BCUT2D eigenvalue weighted by molar-refractivity contribution is 0.0205. The predicted octanol–water partition coefficient (Wildman–Crippen LogP) is 5.58. The number of hydrogen-bond acceptors (Lipinski definition) is 8. The maximum atomic E-state index is 12.8. The molecule has 1 amide bonds. The van der Waals surface area contributed by atoms with Crippen molar-refractivity contribution in [2.75, 3.05) is 25.5 Å². The number of fused-ring (bicyclic) bond motifs is 1. The second-order valence-electron chi connectivity index (χ2n) is 11.1. The molecule has 0 unspecified atom stereocenters. The second-order valence-corrected chi connectivity index (χ2v) is 11.1. The summed E-state index contributed by atoms with van der Waals surface area (Å²) in [5.41, 5.74) is 9.45. The SMILES string of the molecule is C=C(/C=N\C=C(/N)c1cc2cc[nH]c(=O)c2c(Nc2ccc(C3CCN(C(=O)OC(C)(C)C)CC3)c(C)c2)n1)OC. The summed E-state index contributed by atoms with van der Waals surface area (Å²) in [5, 5.41) is 4.44. The average molecular weight is 559 g/mol. The summed E-state index contributed by atoms with van der Waals surface area (Å²) in [6.07, 6.45) is 5.97. The molecule has 0 bridgehead atoms. The van der Waals surface area contributed by atoms with Crippen molar-refractivity contribution in [2.45, 2.75) is 52.1 Å². The zero-order valence-electron chi connectivity index (χ0n) is 24.3. The zero-order chi connectivity index (χ0) is 29.7. The van der Waals surface area contributed by atoms with Crippen molar-refractivity contribution in [3.63, 3.8) is 0 Å². The summed E-state index contributed by atoms with van der Waals surface area (Å²) in [5.74, 6) is 1.12. The number of anilines is 2. The third-order valence-electron chi connectivity index (χ3n) is 6.86. The number of aliphatic imine (C=N–C) groups is 1. The number of nitrogens with one attached hydrogen (secondary N) is 2. The number of pyridine rings is 2. The van der Waals surface area contributed by atoms with E-state index in [9.17, 15) is 9.59 Å². The number of aromatic amines is 1. The molecule has 0 radical (unpaired) electrons. The van der Waals surface area contributed by atoms with Gasteiger partial charge in [-0.1, -0.05) is 12.6 Å². The van der Waals surface area contributed by atoms with E-state index in [1.807, 2.05) is 32.9 Å². The fourth-order valence-electron chi connectivity index (χ4n) is 4.82. The quantitative estimate of drug-likeness (QED) is 0.255. The monoisotopic (exact) mass is 558 g/mol. The van der Waals surface area contributed by atoms with E-state index in [1.165, 1.54) is 25.1 Å². The number of H-pyrrole nitrogens is 1. The van der Waals surface area contributed by atoms with Gasteiger partial charge >= 0.3 is 6.09 Å². The Morgan fingerprint density at radius 1 is 1.24 bits per heavy atom. The minimum atomic E-state index is -0.506. The molecule has 4 N–H and O–H groups in total. The van der Waals surface area contributed by atoms with Crippen LogP contribution in [0.5, 0.6) is 0 Å². The standard InChI is InChI=1S/C31H38N6O4/c1-19-15-23(7-8-24(19)21-10-13-37(14-11-21)30(39)41-31(3,4)5)35-28-27-22(9-12-34-29(27)38)16-26(36-28)25(32)18-33-17-20(2)40-6/h7-9,12,15-18,21H,2,10-11,13-14,32H2,1,3-6H3,(H,34,38)(H,35,36)/b25-18-,33-17-. The maximum absolute atomic E-state index is 12.8. The smallest absolute Gasteiger partial charge is 0.410 e. The number of piperidine rings is 1. The van der Waals surface area contributed by atoms with Crippen LogP contribution in [0.3, 0.4) is 0 Å². The first-order valence-electron chi connectivity index (χ1n) is 13.5. The van der Waals surface area contributed by atoms with Gasteiger partial charge in [0.1, 0.15) is 17.2 Å². The van der Waals surface area contributed by atoms with Gasteiger partial charge in [0.2, 0.25) is 0 Å². The fourth-order valence-corrected chi connectivity index (χ4v) is 4.82. The van der Waals surface area contributed by atoms with Crippen LogP contribution in [-0.2, 0) is 9.47 Å². The minimum Gasteiger partial charge on any atom is -0.496 e. The number of carbonyl (C=O) groups is 1. The molecule has 4 rings (SSSR count). The number of rotatable bonds is 7. The molecule has 3 aromatic rings. The first-order chi connectivity index (χ1) is 19.4. The number of benzene rings is 1. The van der Waals surface area contributed by atoms with Crippen LogP contribution in [0.25, 0.3) is 16.5 Å². The van der Waals surface area contributed by atoms with Crippen molar-refractivity contribution >= 4 is 40.3 Å². The Balaban J connectivity index is 1.55. The highest BCUT2D eigenvalue weighted by atomic mass is 16.6. The normalized spacial score (nSPS) is 14.9. The highest BCUT2D eigenvalue weighted by molar-refractivity contribution is 5.94. The Hall–Kier alpha value is -4.60. The number of aromatic nitrogens is 2. The Bertz CT molecular complexity index is 1560. The van der Waals surface area contributed by atoms with Gasteiger partial charge in [0.05, 0.1) is 36.3 Å². The van der Waals surface area contributed by atoms with Crippen LogP contribution in [-0.4, -0.2) is 53.0 Å². The van der Waals surface area contributed by atoms with Gasteiger partial charge in [0, 0.05) is 25.0 Å². The van der Waals surface area contributed by atoms with Gasteiger partial charge in [0.25, 0.3) is 5.56 Å². The van der Waals surface area contributed by atoms with Crippen LogP contribution < -0.4 is 16.6 Å². The maximum Gasteiger partial charge on any atom is 0.410 e. The molecule has 1 aliphatic rings. The molecule has 3 heterocycles. The van der Waals surface area contributed by atoms with E-state index in [2.05, 4.69) is 39.8 Å².